The summed E-state index contributed by atoms with van der Waals surface area (Å²) in [7, 11) is 5.73. The molecule has 0 bridgehead atoms. The molecule has 2 rings (SSSR count). The van der Waals surface area contributed by atoms with Gasteiger partial charge in [-0.15, -0.1) is 0 Å². The van der Waals surface area contributed by atoms with Crippen LogP contribution in [-0.4, -0.2) is 35.4 Å². The van der Waals surface area contributed by atoms with Gasteiger partial charge in [-0.05, 0) is 23.8 Å². The van der Waals surface area contributed by atoms with Crippen LogP contribution in [0.3, 0.4) is 0 Å². The van der Waals surface area contributed by atoms with Crippen LogP contribution in [0.25, 0.3) is 0 Å². The molecular formula is C20H28ClN5O. The molecule has 0 fully saturated rings. The van der Waals surface area contributed by atoms with E-state index in [4.69, 9.17) is 11.6 Å². The topological polar surface area (TPSA) is 61.7 Å². The fourth-order valence-electron chi connectivity index (χ4n) is 2.60. The molecule has 0 aliphatic rings. The zero-order valence-electron chi connectivity index (χ0n) is 16.6. The van der Waals surface area contributed by atoms with Crippen molar-refractivity contribution in [3.8, 4) is 0 Å². The van der Waals surface area contributed by atoms with Gasteiger partial charge in [0.25, 0.3) is 0 Å². The van der Waals surface area contributed by atoms with E-state index in [0.29, 0.717) is 13.1 Å². The first-order chi connectivity index (χ1) is 12.8. The zero-order chi connectivity index (χ0) is 20.0. The molecule has 2 aromatic rings. The van der Waals surface area contributed by atoms with Crippen molar-refractivity contribution in [2.24, 2.45) is 18.0 Å². The summed E-state index contributed by atoms with van der Waals surface area (Å²) in [5.74, 6) is 0.775. The number of amides is 1. The molecule has 0 saturated heterocycles. The Labute approximate surface area is 166 Å². The molecular weight excluding hydrogens is 362 g/mol. The number of carbonyl (C=O) groups excluding carboxylic acids is 1. The largest absolute Gasteiger partial charge is 0.352 e. The van der Waals surface area contributed by atoms with Gasteiger partial charge in [0, 0.05) is 51.2 Å². The Morgan fingerprint density at radius 2 is 1.96 bits per heavy atom. The summed E-state index contributed by atoms with van der Waals surface area (Å²) in [6, 6.07) is 9.77. The lowest BCUT2D eigenvalue weighted by atomic mass is 10.1. The highest BCUT2D eigenvalue weighted by Gasteiger charge is 2.10. The quantitative estimate of drug-likeness (QED) is 0.587. The van der Waals surface area contributed by atoms with Crippen LogP contribution in [0.2, 0.25) is 5.02 Å². The highest BCUT2D eigenvalue weighted by Crippen LogP contribution is 2.14. The van der Waals surface area contributed by atoms with Gasteiger partial charge in [0.05, 0.1) is 11.6 Å². The Balaban J connectivity index is 1.91. The number of halogens is 1. The number of aryl methyl sites for hydroxylation is 1. The summed E-state index contributed by atoms with van der Waals surface area (Å²) in [5.41, 5.74) is 3.02. The van der Waals surface area contributed by atoms with Crippen molar-refractivity contribution in [2.75, 3.05) is 19.4 Å². The van der Waals surface area contributed by atoms with Gasteiger partial charge in [-0.3, -0.25) is 9.79 Å². The molecule has 6 nitrogen and oxygen atoms in total. The van der Waals surface area contributed by atoms with Gasteiger partial charge >= 0.3 is 0 Å². The van der Waals surface area contributed by atoms with Gasteiger partial charge in [-0.2, -0.15) is 0 Å². The SMILES string of the molecule is CN=C(NCc1ccc(NC(=O)C(C)C)cc1)N(C)Cc1cc(Cl)cn1C. The first kappa shape index (κ1) is 20.8. The number of benzene rings is 1. The van der Waals surface area contributed by atoms with E-state index in [1.807, 2.05) is 73.9 Å². The lowest BCUT2D eigenvalue weighted by molar-refractivity contribution is -0.118. The number of aromatic nitrogens is 1. The van der Waals surface area contributed by atoms with Gasteiger partial charge in [0.2, 0.25) is 5.91 Å². The molecule has 0 unspecified atom stereocenters. The Hall–Kier alpha value is -2.47. The minimum Gasteiger partial charge on any atom is -0.352 e. The van der Waals surface area contributed by atoms with E-state index in [2.05, 4.69) is 15.6 Å². The van der Waals surface area contributed by atoms with E-state index in [-0.39, 0.29) is 11.8 Å². The van der Waals surface area contributed by atoms with Crippen molar-refractivity contribution in [3.63, 3.8) is 0 Å². The summed E-state index contributed by atoms with van der Waals surface area (Å²) in [5, 5.41) is 6.98. The summed E-state index contributed by atoms with van der Waals surface area (Å²) < 4.78 is 2.01. The number of nitrogens with one attached hydrogen (secondary N) is 2. The maximum absolute atomic E-state index is 11.7. The molecule has 2 N–H and O–H groups in total. The average molecular weight is 390 g/mol. The fraction of sp³-hybridized carbons (Fsp3) is 0.400. The third kappa shape index (κ3) is 6.03. The monoisotopic (exact) mass is 389 g/mol. The molecule has 0 aliphatic heterocycles. The highest BCUT2D eigenvalue weighted by molar-refractivity contribution is 6.30. The lowest BCUT2D eigenvalue weighted by Crippen LogP contribution is -2.38. The van der Waals surface area contributed by atoms with Gasteiger partial charge in [-0.25, -0.2) is 0 Å². The molecule has 1 aromatic heterocycles. The predicted octanol–water partition coefficient (Wildman–Crippen LogP) is 3.48. The van der Waals surface area contributed by atoms with E-state index in [1.165, 1.54) is 0 Å². The third-order valence-corrected chi connectivity index (χ3v) is 4.45. The second-order valence-electron chi connectivity index (χ2n) is 6.86. The van der Waals surface area contributed by atoms with Crippen molar-refractivity contribution in [1.29, 1.82) is 0 Å². The number of guanidine groups is 1. The zero-order valence-corrected chi connectivity index (χ0v) is 17.3. The number of carbonyl (C=O) groups is 1. The van der Waals surface area contributed by atoms with Crippen molar-refractivity contribution in [1.82, 2.24) is 14.8 Å². The van der Waals surface area contributed by atoms with E-state index in [9.17, 15) is 4.79 Å². The van der Waals surface area contributed by atoms with Gasteiger partial charge in [0.1, 0.15) is 0 Å². The summed E-state index contributed by atoms with van der Waals surface area (Å²) in [6.07, 6.45) is 1.89. The molecule has 0 saturated carbocycles. The maximum Gasteiger partial charge on any atom is 0.226 e. The minimum atomic E-state index is -0.0377. The van der Waals surface area contributed by atoms with Crippen molar-refractivity contribution >= 4 is 29.2 Å². The van der Waals surface area contributed by atoms with E-state index < -0.39 is 0 Å². The van der Waals surface area contributed by atoms with Crippen LogP contribution in [0.15, 0.2) is 41.5 Å². The summed E-state index contributed by atoms with van der Waals surface area (Å²) in [4.78, 5) is 18.1. The Morgan fingerprint density at radius 3 is 2.48 bits per heavy atom. The van der Waals surface area contributed by atoms with E-state index in [1.54, 1.807) is 7.05 Å². The van der Waals surface area contributed by atoms with Crippen LogP contribution in [0, 0.1) is 5.92 Å². The summed E-state index contributed by atoms with van der Waals surface area (Å²) in [6.45, 7) is 5.09. The van der Waals surface area contributed by atoms with Crippen LogP contribution in [0.4, 0.5) is 5.69 Å². The highest BCUT2D eigenvalue weighted by atomic mass is 35.5. The molecule has 1 heterocycles. The number of anilines is 1. The minimum absolute atomic E-state index is 0.0173. The maximum atomic E-state index is 11.7. The normalized spacial score (nSPS) is 11.6. The van der Waals surface area contributed by atoms with Crippen LogP contribution >= 0.6 is 11.6 Å². The average Bonchev–Trinajstić information content (AvgIpc) is 2.93. The molecule has 7 heteroatoms. The number of nitrogens with zero attached hydrogens (tertiary/aromatic N) is 3. The fourth-order valence-corrected chi connectivity index (χ4v) is 2.87. The standard InChI is InChI=1S/C20H28ClN5O/c1-14(2)19(27)24-17-8-6-15(7-9-17)11-23-20(22-3)26(5)13-18-10-16(21)12-25(18)4/h6-10,12,14H,11,13H2,1-5H3,(H,22,23)(H,24,27). The predicted molar refractivity (Wildman–Crippen MR) is 112 cm³/mol. The second kappa shape index (κ2) is 9.46. The summed E-state index contributed by atoms with van der Waals surface area (Å²) >= 11 is 6.05. The molecule has 1 amide bonds. The van der Waals surface area contributed by atoms with Crippen LogP contribution in [-0.2, 0) is 24.9 Å². The van der Waals surface area contributed by atoms with Crippen LogP contribution in [0.1, 0.15) is 25.1 Å². The number of aliphatic imine (C=N–C) groups is 1. The third-order valence-electron chi connectivity index (χ3n) is 4.24. The second-order valence-corrected chi connectivity index (χ2v) is 7.29. The molecule has 0 radical (unpaired) electrons. The van der Waals surface area contributed by atoms with Crippen molar-refractivity contribution < 1.29 is 4.79 Å². The molecule has 0 spiro atoms. The van der Waals surface area contributed by atoms with Crippen LogP contribution < -0.4 is 10.6 Å². The van der Waals surface area contributed by atoms with Crippen molar-refractivity contribution in [2.45, 2.75) is 26.9 Å². The molecule has 146 valence electrons. The smallest absolute Gasteiger partial charge is 0.226 e. The van der Waals surface area contributed by atoms with Gasteiger partial charge < -0.3 is 20.1 Å². The Morgan fingerprint density at radius 1 is 1.30 bits per heavy atom. The Bertz CT molecular complexity index is 795. The lowest BCUT2D eigenvalue weighted by Gasteiger charge is -2.22. The van der Waals surface area contributed by atoms with E-state index >= 15 is 0 Å². The number of hydrogen-bond acceptors (Lipinski definition) is 2. The van der Waals surface area contributed by atoms with Gasteiger partial charge in [-0.1, -0.05) is 37.6 Å². The Kier molecular flexibility index (Phi) is 7.30. The molecule has 0 atom stereocenters. The first-order valence-electron chi connectivity index (χ1n) is 8.92. The number of hydrogen-bond donors (Lipinski definition) is 2. The number of rotatable bonds is 6. The van der Waals surface area contributed by atoms with Crippen molar-refractivity contribution in [3.05, 3.63) is 52.8 Å². The first-order valence-corrected chi connectivity index (χ1v) is 9.30. The molecule has 27 heavy (non-hydrogen) atoms. The van der Waals surface area contributed by atoms with Crippen LogP contribution in [0.5, 0.6) is 0 Å². The molecule has 1 aromatic carbocycles. The molecule has 0 aliphatic carbocycles. The van der Waals surface area contributed by atoms with E-state index in [0.717, 1.165) is 27.9 Å². The van der Waals surface area contributed by atoms with Gasteiger partial charge in [0.15, 0.2) is 5.96 Å².